The Morgan fingerprint density at radius 2 is 1.65 bits per heavy atom. The Hall–Kier alpha value is -4.53. The van der Waals surface area contributed by atoms with Crippen LogP contribution in [-0.2, 0) is 40.0 Å². The maximum Gasteiger partial charge on any atom is 0.326 e. The van der Waals surface area contributed by atoms with Crippen molar-refractivity contribution >= 4 is 41.4 Å². The molecule has 236 valence electrons. The minimum Gasteiger partial charge on any atom is -0.480 e. The molecule has 15 nitrogen and oxygen atoms in total. The molecule has 1 aliphatic heterocycles. The van der Waals surface area contributed by atoms with E-state index in [4.69, 9.17) is 11.5 Å². The number of likely N-dealkylation sites (tertiary alicyclic amines) is 1. The third kappa shape index (κ3) is 11.0. The number of rotatable bonds is 16. The van der Waals surface area contributed by atoms with Crippen molar-refractivity contribution < 1.29 is 38.7 Å². The van der Waals surface area contributed by atoms with Gasteiger partial charge in [0.15, 0.2) is 0 Å². The number of carbonyl (C=O) groups excluding carboxylic acids is 6. The minimum atomic E-state index is -1.30. The van der Waals surface area contributed by atoms with Crippen molar-refractivity contribution in [2.45, 2.75) is 70.1 Å². The van der Waals surface area contributed by atoms with E-state index >= 15 is 0 Å². The lowest BCUT2D eigenvalue weighted by Crippen LogP contribution is -2.58. The predicted molar refractivity (Wildman–Crippen MR) is 154 cm³/mol. The largest absolute Gasteiger partial charge is 0.480 e. The normalized spacial score (nSPS) is 16.5. The molecule has 9 N–H and O–H groups in total. The van der Waals surface area contributed by atoms with Crippen LogP contribution in [0.25, 0.3) is 0 Å². The maximum absolute atomic E-state index is 13.2. The van der Waals surface area contributed by atoms with Crippen LogP contribution in [0.5, 0.6) is 0 Å². The zero-order valence-electron chi connectivity index (χ0n) is 24.3. The van der Waals surface area contributed by atoms with Gasteiger partial charge in [-0.3, -0.25) is 28.8 Å². The fourth-order valence-electron chi connectivity index (χ4n) is 4.64. The van der Waals surface area contributed by atoms with Crippen molar-refractivity contribution in [3.63, 3.8) is 0 Å². The lowest BCUT2D eigenvalue weighted by atomic mass is 10.0. The molecule has 43 heavy (non-hydrogen) atoms. The molecule has 1 aromatic carbocycles. The molecular formula is C28H41N7O8. The summed E-state index contributed by atoms with van der Waals surface area (Å²) in [6, 6.07) is 4.20. The van der Waals surface area contributed by atoms with Crippen molar-refractivity contribution in [1.29, 1.82) is 0 Å². The zero-order chi connectivity index (χ0) is 32.1. The second kappa shape index (κ2) is 16.8. The molecular weight excluding hydrogens is 562 g/mol. The number of benzene rings is 1. The van der Waals surface area contributed by atoms with Crippen LogP contribution in [0.4, 0.5) is 0 Å². The van der Waals surface area contributed by atoms with Gasteiger partial charge in [-0.15, -0.1) is 0 Å². The summed E-state index contributed by atoms with van der Waals surface area (Å²) in [6.07, 6.45) is 0.577. The lowest BCUT2D eigenvalue weighted by Gasteiger charge is -2.27. The Morgan fingerprint density at radius 1 is 0.977 bits per heavy atom. The molecule has 0 spiro atoms. The van der Waals surface area contributed by atoms with Gasteiger partial charge in [-0.05, 0) is 30.7 Å². The Bertz CT molecular complexity index is 1180. The smallest absolute Gasteiger partial charge is 0.326 e. The molecule has 1 aliphatic rings. The Morgan fingerprint density at radius 3 is 2.23 bits per heavy atom. The third-order valence-corrected chi connectivity index (χ3v) is 6.95. The number of carboxylic acid groups (broad SMARTS) is 1. The van der Waals surface area contributed by atoms with E-state index in [1.807, 2.05) is 0 Å². The van der Waals surface area contributed by atoms with E-state index in [0.717, 1.165) is 0 Å². The molecule has 0 aromatic heterocycles. The summed E-state index contributed by atoms with van der Waals surface area (Å²) in [5, 5.41) is 19.5. The van der Waals surface area contributed by atoms with Crippen LogP contribution in [0.2, 0.25) is 0 Å². The molecule has 1 saturated heterocycles. The van der Waals surface area contributed by atoms with Gasteiger partial charge in [0.05, 0.1) is 13.1 Å². The second-order valence-electron chi connectivity index (χ2n) is 10.6. The molecule has 0 saturated carbocycles. The minimum absolute atomic E-state index is 0.0166. The standard InChI is InChI=1S/C28H41N7O8/c1-16(2)24(27(41)33-19(28(42)43)13-17-7-4-3-5-8-17)34-25(39)18(10-11-21(30)36)32-22(37)15-31-26(40)20-9-6-12-35(20)23(38)14-29/h3-5,7-8,16,18-20,24H,6,9-15,29H2,1-2H3,(H2,30,36)(H,31,40)(H,32,37)(H,33,41)(H,34,39)(H,42,43)/t18-,19-,20-,24-/m0/s1. The molecule has 1 fully saturated rings. The fourth-order valence-corrected chi connectivity index (χ4v) is 4.64. The Balaban J connectivity index is 2.05. The van der Waals surface area contributed by atoms with Crippen molar-refractivity contribution in [1.82, 2.24) is 26.2 Å². The van der Waals surface area contributed by atoms with E-state index in [2.05, 4.69) is 21.3 Å². The predicted octanol–water partition coefficient (Wildman–Crippen LogP) is -2.24. The number of nitrogens with one attached hydrogen (secondary N) is 4. The van der Waals surface area contributed by atoms with Crippen molar-refractivity contribution in [2.75, 3.05) is 19.6 Å². The Kier molecular flexibility index (Phi) is 13.5. The Labute approximate surface area is 249 Å². The van der Waals surface area contributed by atoms with Crippen LogP contribution < -0.4 is 32.7 Å². The van der Waals surface area contributed by atoms with Gasteiger partial charge >= 0.3 is 5.97 Å². The van der Waals surface area contributed by atoms with Gasteiger partial charge in [0.25, 0.3) is 0 Å². The maximum atomic E-state index is 13.2. The van der Waals surface area contributed by atoms with Crippen LogP contribution >= 0.6 is 0 Å². The number of carbonyl (C=O) groups is 7. The van der Waals surface area contributed by atoms with Crippen LogP contribution in [0.3, 0.4) is 0 Å². The summed E-state index contributed by atoms with van der Waals surface area (Å²) in [7, 11) is 0. The molecule has 2 rings (SSSR count). The highest BCUT2D eigenvalue weighted by atomic mass is 16.4. The SMILES string of the molecule is CC(C)[C@H](NC(=O)[C@H](CCC(N)=O)NC(=O)CNC(=O)[C@@H]1CCCN1C(=O)CN)C(=O)N[C@@H](Cc1ccccc1)C(=O)O. The summed E-state index contributed by atoms with van der Waals surface area (Å²) in [4.78, 5) is 88.2. The monoisotopic (exact) mass is 603 g/mol. The molecule has 0 unspecified atom stereocenters. The average Bonchev–Trinajstić information content (AvgIpc) is 3.46. The summed E-state index contributed by atoms with van der Waals surface area (Å²) >= 11 is 0. The molecule has 0 aliphatic carbocycles. The molecule has 0 radical (unpaired) electrons. The summed E-state index contributed by atoms with van der Waals surface area (Å²) in [6.45, 7) is 2.89. The lowest BCUT2D eigenvalue weighted by molar-refractivity contribution is -0.142. The van der Waals surface area contributed by atoms with Gasteiger partial charge < -0.3 is 42.7 Å². The van der Waals surface area contributed by atoms with E-state index in [9.17, 15) is 38.7 Å². The van der Waals surface area contributed by atoms with E-state index in [0.29, 0.717) is 24.9 Å². The quantitative estimate of drug-likeness (QED) is 0.108. The van der Waals surface area contributed by atoms with Gasteiger partial charge in [0.1, 0.15) is 24.2 Å². The topological polar surface area (TPSA) is 243 Å². The molecule has 0 bridgehead atoms. The highest BCUT2D eigenvalue weighted by Gasteiger charge is 2.34. The molecule has 1 aromatic rings. The van der Waals surface area contributed by atoms with E-state index < -0.39 is 72.1 Å². The van der Waals surface area contributed by atoms with Gasteiger partial charge in [0.2, 0.25) is 35.4 Å². The van der Waals surface area contributed by atoms with Crippen molar-refractivity contribution in [2.24, 2.45) is 17.4 Å². The summed E-state index contributed by atoms with van der Waals surface area (Å²) in [5.74, 6) is -5.70. The van der Waals surface area contributed by atoms with E-state index in [1.165, 1.54) is 4.90 Å². The van der Waals surface area contributed by atoms with Crippen molar-refractivity contribution in [3.05, 3.63) is 35.9 Å². The first-order valence-electron chi connectivity index (χ1n) is 14.1. The molecule has 4 atom stereocenters. The number of primary amides is 1. The second-order valence-corrected chi connectivity index (χ2v) is 10.6. The number of nitrogens with zero attached hydrogens (tertiary/aromatic N) is 1. The number of carboxylic acids is 1. The fraction of sp³-hybridized carbons (Fsp3) is 0.536. The summed E-state index contributed by atoms with van der Waals surface area (Å²) < 4.78 is 0. The van der Waals surface area contributed by atoms with Crippen LogP contribution in [0.1, 0.15) is 45.1 Å². The number of hydrogen-bond acceptors (Lipinski definition) is 8. The number of hydrogen-bond donors (Lipinski definition) is 7. The van der Waals surface area contributed by atoms with Gasteiger partial charge in [-0.1, -0.05) is 44.2 Å². The molecule has 6 amide bonds. The highest BCUT2D eigenvalue weighted by Crippen LogP contribution is 2.17. The van der Waals surface area contributed by atoms with Gasteiger partial charge in [-0.25, -0.2) is 4.79 Å². The number of nitrogens with two attached hydrogens (primary N) is 2. The van der Waals surface area contributed by atoms with E-state index in [1.54, 1.807) is 44.2 Å². The highest BCUT2D eigenvalue weighted by molar-refractivity contribution is 5.95. The van der Waals surface area contributed by atoms with Crippen LogP contribution in [0.15, 0.2) is 30.3 Å². The van der Waals surface area contributed by atoms with E-state index in [-0.39, 0.29) is 31.7 Å². The first-order valence-corrected chi connectivity index (χ1v) is 14.1. The van der Waals surface area contributed by atoms with Gasteiger partial charge in [-0.2, -0.15) is 0 Å². The van der Waals surface area contributed by atoms with Gasteiger partial charge in [0, 0.05) is 19.4 Å². The van der Waals surface area contributed by atoms with Crippen LogP contribution in [-0.4, -0.2) is 95.2 Å². The zero-order valence-corrected chi connectivity index (χ0v) is 24.3. The average molecular weight is 604 g/mol. The molecule has 15 heteroatoms. The first-order chi connectivity index (χ1) is 20.3. The van der Waals surface area contributed by atoms with Crippen LogP contribution in [0, 0.1) is 5.92 Å². The first kappa shape index (κ1) is 34.7. The number of amides is 6. The number of aliphatic carboxylic acids is 1. The van der Waals surface area contributed by atoms with Crippen molar-refractivity contribution in [3.8, 4) is 0 Å². The summed E-state index contributed by atoms with van der Waals surface area (Å²) in [5.41, 5.74) is 11.3. The molecule has 1 heterocycles. The third-order valence-electron chi connectivity index (χ3n) is 6.95.